The lowest BCUT2D eigenvalue weighted by Gasteiger charge is -2.31. The van der Waals surface area contributed by atoms with Gasteiger partial charge in [-0.15, -0.1) is 23.5 Å². The van der Waals surface area contributed by atoms with E-state index in [4.69, 9.17) is 38.0 Å². The second-order valence-electron chi connectivity index (χ2n) is 13.2. The van der Waals surface area contributed by atoms with Crippen molar-refractivity contribution in [1.29, 1.82) is 0 Å². The molecule has 0 radical (unpaired) electrons. The zero-order valence-corrected chi connectivity index (χ0v) is 35.3. The second-order valence-corrected chi connectivity index (χ2v) is 16.3. The van der Waals surface area contributed by atoms with Gasteiger partial charge in [-0.05, 0) is 73.9 Å². The molecule has 0 N–H and O–H groups in total. The van der Waals surface area contributed by atoms with Crippen LogP contribution in [0.3, 0.4) is 0 Å². The van der Waals surface area contributed by atoms with Crippen molar-refractivity contribution in [2.24, 2.45) is 5.16 Å². The van der Waals surface area contributed by atoms with E-state index >= 15 is 0 Å². The fraction of sp³-hybridized carbons (Fsp3) is 0.512. The minimum Gasteiger partial charge on any atom is -0.493 e. The molecule has 1 saturated heterocycles. The van der Waals surface area contributed by atoms with Crippen LogP contribution < -0.4 is 33.2 Å². The number of rotatable bonds is 22. The smallest absolute Gasteiger partial charge is 0.286 e. The molecular weight excluding hydrogens is 775 g/mol. The second kappa shape index (κ2) is 21.2. The molecule has 1 fully saturated rings. The topological polar surface area (TPSA) is 150 Å². The molecule has 3 aromatic rings. The number of nitro groups is 1. The van der Waals surface area contributed by atoms with Gasteiger partial charge >= 0.3 is 0 Å². The van der Waals surface area contributed by atoms with Gasteiger partial charge in [0.15, 0.2) is 40.6 Å². The number of unbranched alkanes of at least 4 members (excludes halogenated alkanes) is 2. The van der Waals surface area contributed by atoms with Gasteiger partial charge in [0.25, 0.3) is 11.6 Å². The van der Waals surface area contributed by atoms with E-state index in [1.54, 1.807) is 33.3 Å². The first-order valence-corrected chi connectivity index (χ1v) is 21.2. The minimum absolute atomic E-state index is 0.0105. The molecule has 0 aromatic heterocycles. The summed E-state index contributed by atoms with van der Waals surface area (Å²) < 4.78 is 39.9. The summed E-state index contributed by atoms with van der Waals surface area (Å²) in [5, 5.41) is 16.6. The highest BCUT2D eigenvalue weighted by Crippen LogP contribution is 2.43. The Balaban J connectivity index is 1.12. The molecule has 14 nitrogen and oxygen atoms in total. The maximum Gasteiger partial charge on any atom is 0.286 e. The molecule has 2 heterocycles. The summed E-state index contributed by atoms with van der Waals surface area (Å²) in [5.41, 5.74) is 2.19. The molecule has 5 rings (SSSR count). The van der Waals surface area contributed by atoms with E-state index in [0.29, 0.717) is 61.3 Å². The van der Waals surface area contributed by atoms with Gasteiger partial charge in [-0.3, -0.25) is 14.9 Å². The van der Waals surface area contributed by atoms with Crippen LogP contribution >= 0.6 is 23.5 Å². The third kappa shape index (κ3) is 10.4. The summed E-state index contributed by atoms with van der Waals surface area (Å²) in [6, 6.07) is 12.2. The molecule has 310 valence electrons. The predicted octanol–water partition coefficient (Wildman–Crippen LogP) is 8.57. The van der Waals surface area contributed by atoms with Crippen LogP contribution in [-0.2, 0) is 4.84 Å². The number of carbonyl (C=O) groups excluding carboxylic acids is 1. The van der Waals surface area contributed by atoms with Gasteiger partial charge in [0, 0.05) is 30.2 Å². The highest BCUT2D eigenvalue weighted by Gasteiger charge is 2.38. The molecule has 0 aliphatic carbocycles. The van der Waals surface area contributed by atoms with Crippen LogP contribution in [-0.4, -0.2) is 98.9 Å². The Morgan fingerprint density at radius 2 is 1.47 bits per heavy atom. The van der Waals surface area contributed by atoms with Gasteiger partial charge in [-0.1, -0.05) is 19.0 Å². The number of nitro benzene ring substituents is 1. The van der Waals surface area contributed by atoms with Crippen molar-refractivity contribution in [3.8, 4) is 40.2 Å². The summed E-state index contributed by atoms with van der Waals surface area (Å²) in [4.78, 5) is 33.1. The van der Waals surface area contributed by atoms with E-state index in [1.165, 1.54) is 19.2 Å². The van der Waals surface area contributed by atoms with Crippen molar-refractivity contribution in [2.45, 2.75) is 69.1 Å². The molecule has 0 saturated carbocycles. The summed E-state index contributed by atoms with van der Waals surface area (Å²) in [7, 11) is 7.76. The van der Waals surface area contributed by atoms with Crippen LogP contribution in [0.4, 0.5) is 5.69 Å². The van der Waals surface area contributed by atoms with Crippen molar-refractivity contribution in [1.82, 2.24) is 4.90 Å². The van der Waals surface area contributed by atoms with Crippen LogP contribution in [0.15, 0.2) is 47.6 Å². The van der Waals surface area contributed by atoms with E-state index in [0.717, 1.165) is 54.0 Å². The van der Waals surface area contributed by atoms with Crippen molar-refractivity contribution in [2.75, 3.05) is 66.8 Å². The van der Waals surface area contributed by atoms with Gasteiger partial charge < -0.3 is 42.9 Å². The maximum atomic E-state index is 13.8. The Hall–Kier alpha value is -4.70. The SMILES string of the molecule is CCSC(SCC)[C@@H]1CCCN1C(=O)c1cc(OC)c(OCCCCCOc2ccc(C3=NOC(c4cc(OC)c(OC)c(OC)c4)C3)cc2OC)cc1[N+](=O)[O-]. The molecule has 0 bridgehead atoms. The predicted molar refractivity (Wildman–Crippen MR) is 223 cm³/mol. The number of carbonyl (C=O) groups is 1. The Labute approximate surface area is 343 Å². The number of nitrogens with zero attached hydrogens (tertiary/aromatic N) is 3. The molecule has 2 aliphatic rings. The van der Waals surface area contributed by atoms with Crippen LogP contribution in [0.25, 0.3) is 0 Å². The Morgan fingerprint density at radius 3 is 2.07 bits per heavy atom. The summed E-state index contributed by atoms with van der Waals surface area (Å²) in [5.74, 6) is 4.80. The van der Waals surface area contributed by atoms with Gasteiger partial charge in [0.2, 0.25) is 5.75 Å². The largest absolute Gasteiger partial charge is 0.493 e. The van der Waals surface area contributed by atoms with E-state index in [1.807, 2.05) is 53.9 Å². The number of benzene rings is 3. The highest BCUT2D eigenvalue weighted by molar-refractivity contribution is 8.17. The number of methoxy groups -OCH3 is 5. The summed E-state index contributed by atoms with van der Waals surface area (Å²) >= 11 is 3.64. The van der Waals surface area contributed by atoms with E-state index < -0.39 is 4.92 Å². The number of thioether (sulfide) groups is 2. The molecule has 2 aliphatic heterocycles. The number of hydrogen-bond acceptors (Lipinski definition) is 14. The third-order valence-electron chi connectivity index (χ3n) is 9.77. The van der Waals surface area contributed by atoms with Gasteiger partial charge in [0.1, 0.15) is 5.56 Å². The molecule has 2 atom stereocenters. The Morgan fingerprint density at radius 1 is 0.842 bits per heavy atom. The molecular formula is C41H53N3O11S2. The summed E-state index contributed by atoms with van der Waals surface area (Å²) in [6.07, 6.45) is 4.12. The molecule has 1 unspecified atom stereocenters. The third-order valence-corrected chi connectivity index (χ3v) is 12.5. The lowest BCUT2D eigenvalue weighted by atomic mass is 9.99. The van der Waals surface area contributed by atoms with Crippen LogP contribution in [0.1, 0.15) is 80.0 Å². The number of oxime groups is 1. The molecule has 16 heteroatoms. The average Bonchev–Trinajstić information content (AvgIpc) is 3.93. The Kier molecular flexibility index (Phi) is 16.1. The fourth-order valence-corrected chi connectivity index (χ4v) is 9.82. The van der Waals surface area contributed by atoms with Gasteiger partial charge in [-0.2, -0.15) is 0 Å². The number of amides is 1. The van der Waals surface area contributed by atoms with E-state index in [2.05, 4.69) is 19.0 Å². The molecule has 3 aromatic carbocycles. The minimum atomic E-state index is -0.522. The van der Waals surface area contributed by atoms with Crippen LogP contribution in [0.5, 0.6) is 40.2 Å². The fourth-order valence-electron chi connectivity index (χ4n) is 6.95. The summed E-state index contributed by atoms with van der Waals surface area (Å²) in [6.45, 7) is 5.53. The first-order valence-electron chi connectivity index (χ1n) is 19.1. The first kappa shape index (κ1) is 43.4. The van der Waals surface area contributed by atoms with E-state index in [9.17, 15) is 14.9 Å². The van der Waals surface area contributed by atoms with Crippen molar-refractivity contribution in [3.05, 3.63) is 69.3 Å². The van der Waals surface area contributed by atoms with E-state index in [-0.39, 0.29) is 45.4 Å². The maximum absolute atomic E-state index is 13.8. The normalized spacial score (nSPS) is 16.2. The number of likely N-dealkylation sites (tertiary alicyclic amines) is 1. The van der Waals surface area contributed by atoms with Crippen molar-refractivity contribution >= 4 is 40.8 Å². The zero-order chi connectivity index (χ0) is 40.9. The lowest BCUT2D eigenvalue weighted by Crippen LogP contribution is -2.41. The van der Waals surface area contributed by atoms with Crippen molar-refractivity contribution in [3.63, 3.8) is 0 Å². The van der Waals surface area contributed by atoms with Crippen molar-refractivity contribution < 1.29 is 47.7 Å². The van der Waals surface area contributed by atoms with Crippen LogP contribution in [0, 0.1) is 10.1 Å². The average molecular weight is 828 g/mol. The lowest BCUT2D eigenvalue weighted by molar-refractivity contribution is -0.385. The zero-order valence-electron chi connectivity index (χ0n) is 33.7. The van der Waals surface area contributed by atoms with Gasteiger partial charge in [0.05, 0.1) is 76.1 Å². The highest BCUT2D eigenvalue weighted by atomic mass is 32.2. The molecule has 0 spiro atoms. The van der Waals surface area contributed by atoms with Gasteiger partial charge in [-0.25, -0.2) is 0 Å². The Bertz CT molecular complexity index is 1850. The standard InChI is InChI=1S/C41H53N3O11S2/c1-8-56-41(57-9-2)30-14-13-17-43(30)40(45)28-23-35(49-4)36(25-31(28)44(46)47)54-19-12-10-11-18-53-32-16-15-26(20-34(32)48-3)29-24-33(55-42-29)27-21-37(50-5)39(52-7)38(22-27)51-6/h15-16,20-23,25,30,33,41H,8-14,17-19,24H2,1-7H3/t30-,33?/m0/s1. The van der Waals surface area contributed by atoms with Crippen LogP contribution in [0.2, 0.25) is 0 Å². The quantitative estimate of drug-likeness (QED) is 0.0412. The molecule has 57 heavy (non-hydrogen) atoms. The monoisotopic (exact) mass is 827 g/mol. The number of hydrogen-bond donors (Lipinski definition) is 0. The number of ether oxygens (including phenoxy) is 7. The first-order chi connectivity index (χ1) is 27.7. The molecule has 1 amide bonds.